The van der Waals surface area contributed by atoms with E-state index in [4.69, 9.17) is 4.74 Å². The van der Waals surface area contributed by atoms with Gasteiger partial charge in [-0.3, -0.25) is 9.69 Å². The Bertz CT molecular complexity index is 935. The minimum absolute atomic E-state index is 0.00723. The molecule has 1 heterocycles. The Morgan fingerprint density at radius 1 is 0.939 bits per heavy atom. The third kappa shape index (κ3) is 7.61. The molecule has 8 nitrogen and oxygen atoms in total. The highest BCUT2D eigenvalue weighted by atomic mass is 16.5. The molecule has 1 aliphatic rings. The maximum atomic E-state index is 12.8. The lowest BCUT2D eigenvalue weighted by atomic mass is 10.1. The van der Waals surface area contributed by atoms with Gasteiger partial charge in [0.25, 0.3) is 0 Å². The van der Waals surface area contributed by atoms with Gasteiger partial charge in [0.05, 0.1) is 24.4 Å². The van der Waals surface area contributed by atoms with E-state index in [0.717, 1.165) is 19.4 Å². The molecule has 33 heavy (non-hydrogen) atoms. The average Bonchev–Trinajstić information content (AvgIpc) is 3.06. The minimum atomic E-state index is -0.464. The molecule has 0 spiro atoms. The Hall–Kier alpha value is -3.39. The van der Waals surface area contributed by atoms with E-state index in [9.17, 15) is 14.4 Å². The van der Waals surface area contributed by atoms with Gasteiger partial charge in [0, 0.05) is 32.7 Å². The Kier molecular flexibility index (Phi) is 9.26. The second-order valence-electron chi connectivity index (χ2n) is 7.90. The molecule has 8 heteroatoms. The molecule has 3 amide bonds. The maximum Gasteiger partial charge on any atom is 0.340 e. The number of nitrogens with one attached hydrogen (secondary N) is 2. The van der Waals surface area contributed by atoms with E-state index in [1.165, 1.54) is 5.56 Å². The fourth-order valence-electron chi connectivity index (χ4n) is 3.76. The SMILES string of the molecule is CCOC(=O)c1ccccc1NC(=O)N1CCCN(CC(=O)NCCc2ccccc2)CC1. The minimum Gasteiger partial charge on any atom is -0.462 e. The molecule has 176 valence electrons. The molecule has 0 bridgehead atoms. The van der Waals surface area contributed by atoms with Crippen LogP contribution >= 0.6 is 0 Å². The van der Waals surface area contributed by atoms with Crippen molar-refractivity contribution in [3.05, 3.63) is 65.7 Å². The maximum absolute atomic E-state index is 12.8. The first-order valence-electron chi connectivity index (χ1n) is 11.4. The second kappa shape index (κ2) is 12.6. The van der Waals surface area contributed by atoms with E-state index in [1.54, 1.807) is 36.1 Å². The molecule has 1 saturated heterocycles. The number of carbonyl (C=O) groups excluding carboxylic acids is 3. The molecule has 1 aliphatic heterocycles. The normalized spacial score (nSPS) is 14.3. The van der Waals surface area contributed by atoms with Crippen LogP contribution in [0.25, 0.3) is 0 Å². The molecule has 0 saturated carbocycles. The van der Waals surface area contributed by atoms with E-state index in [1.807, 2.05) is 30.3 Å². The largest absolute Gasteiger partial charge is 0.462 e. The van der Waals surface area contributed by atoms with Crippen molar-refractivity contribution >= 4 is 23.6 Å². The van der Waals surface area contributed by atoms with Crippen LogP contribution in [0.15, 0.2) is 54.6 Å². The van der Waals surface area contributed by atoms with Gasteiger partial charge in [-0.2, -0.15) is 0 Å². The number of amides is 3. The molecule has 2 N–H and O–H groups in total. The van der Waals surface area contributed by atoms with Gasteiger partial charge in [-0.05, 0) is 37.5 Å². The second-order valence-corrected chi connectivity index (χ2v) is 7.90. The van der Waals surface area contributed by atoms with Crippen LogP contribution in [0.5, 0.6) is 0 Å². The molecule has 2 aromatic carbocycles. The van der Waals surface area contributed by atoms with Crippen LogP contribution in [0.3, 0.4) is 0 Å². The highest BCUT2D eigenvalue weighted by Gasteiger charge is 2.22. The Balaban J connectivity index is 1.45. The third-order valence-corrected chi connectivity index (χ3v) is 5.49. The third-order valence-electron chi connectivity index (χ3n) is 5.49. The molecule has 0 radical (unpaired) electrons. The summed E-state index contributed by atoms with van der Waals surface area (Å²) in [4.78, 5) is 41.1. The highest BCUT2D eigenvalue weighted by molar-refractivity contribution is 6.00. The monoisotopic (exact) mass is 452 g/mol. The predicted molar refractivity (Wildman–Crippen MR) is 127 cm³/mol. The van der Waals surface area contributed by atoms with Crippen LogP contribution in [-0.2, 0) is 16.0 Å². The zero-order chi connectivity index (χ0) is 23.5. The number of hydrogen-bond acceptors (Lipinski definition) is 5. The number of benzene rings is 2. The molecule has 0 atom stereocenters. The molecule has 3 rings (SSSR count). The van der Waals surface area contributed by atoms with Crippen LogP contribution in [0, 0.1) is 0 Å². The van der Waals surface area contributed by atoms with Crippen LogP contribution in [0.2, 0.25) is 0 Å². The summed E-state index contributed by atoms with van der Waals surface area (Å²) in [6.07, 6.45) is 1.57. The summed E-state index contributed by atoms with van der Waals surface area (Å²) in [5.41, 5.74) is 1.95. The Morgan fingerprint density at radius 2 is 1.70 bits per heavy atom. The highest BCUT2D eigenvalue weighted by Crippen LogP contribution is 2.17. The van der Waals surface area contributed by atoms with Crippen LogP contribution in [0.1, 0.15) is 29.3 Å². The van der Waals surface area contributed by atoms with Crippen molar-refractivity contribution in [1.29, 1.82) is 0 Å². The summed E-state index contributed by atoms with van der Waals surface area (Å²) in [6.45, 7) is 5.37. The van der Waals surface area contributed by atoms with E-state index in [2.05, 4.69) is 15.5 Å². The first-order valence-corrected chi connectivity index (χ1v) is 11.4. The Morgan fingerprint density at radius 3 is 2.48 bits per heavy atom. The van der Waals surface area contributed by atoms with Gasteiger partial charge in [0.2, 0.25) is 5.91 Å². The summed E-state index contributed by atoms with van der Waals surface area (Å²) in [6, 6.07) is 16.6. The summed E-state index contributed by atoms with van der Waals surface area (Å²) in [5.74, 6) is -0.471. The van der Waals surface area contributed by atoms with Gasteiger partial charge in [-0.1, -0.05) is 42.5 Å². The van der Waals surface area contributed by atoms with Gasteiger partial charge < -0.3 is 20.3 Å². The van der Waals surface area contributed by atoms with E-state index >= 15 is 0 Å². The molecule has 0 unspecified atom stereocenters. The first-order chi connectivity index (χ1) is 16.1. The predicted octanol–water partition coefficient (Wildman–Crippen LogP) is 2.76. The smallest absolute Gasteiger partial charge is 0.340 e. The number of carbonyl (C=O) groups is 3. The van der Waals surface area contributed by atoms with Crippen molar-refractivity contribution in [3.8, 4) is 0 Å². The summed E-state index contributed by atoms with van der Waals surface area (Å²) in [7, 11) is 0. The fraction of sp³-hybridized carbons (Fsp3) is 0.400. The number of nitrogens with zero attached hydrogens (tertiary/aromatic N) is 2. The van der Waals surface area contributed by atoms with Gasteiger partial charge in [0.15, 0.2) is 0 Å². The number of hydrogen-bond donors (Lipinski definition) is 2. The summed E-state index contributed by atoms with van der Waals surface area (Å²) in [5, 5.41) is 5.81. The first kappa shape index (κ1) is 24.3. The number of urea groups is 1. The summed E-state index contributed by atoms with van der Waals surface area (Å²) < 4.78 is 5.07. The van der Waals surface area contributed by atoms with E-state index in [-0.39, 0.29) is 18.5 Å². The summed E-state index contributed by atoms with van der Waals surface area (Å²) >= 11 is 0. The average molecular weight is 453 g/mol. The number of esters is 1. The lowest BCUT2D eigenvalue weighted by Gasteiger charge is -2.22. The number of ether oxygens (including phenoxy) is 1. The van der Waals surface area contributed by atoms with Gasteiger partial charge in [0.1, 0.15) is 0 Å². The standard InChI is InChI=1S/C25H32N4O4/c1-2-33-24(31)21-11-6-7-12-22(21)27-25(32)29-16-8-15-28(17-18-29)19-23(30)26-14-13-20-9-4-3-5-10-20/h3-7,9-12H,2,8,13-19H2,1H3,(H,26,30)(H,27,32). The molecule has 0 aliphatic carbocycles. The van der Waals surface area contributed by atoms with Crippen molar-refractivity contribution in [2.45, 2.75) is 19.8 Å². The van der Waals surface area contributed by atoms with Crippen LogP contribution < -0.4 is 10.6 Å². The van der Waals surface area contributed by atoms with E-state index < -0.39 is 5.97 Å². The molecular formula is C25H32N4O4. The van der Waals surface area contributed by atoms with Gasteiger partial charge in [-0.25, -0.2) is 9.59 Å². The molecule has 1 fully saturated rings. The van der Waals surface area contributed by atoms with Crippen molar-refractivity contribution in [2.24, 2.45) is 0 Å². The van der Waals surface area contributed by atoms with Crippen molar-refractivity contribution in [3.63, 3.8) is 0 Å². The zero-order valence-corrected chi connectivity index (χ0v) is 19.1. The number of rotatable bonds is 8. The Labute approximate surface area is 194 Å². The van der Waals surface area contributed by atoms with E-state index in [0.29, 0.717) is 44.0 Å². The lowest BCUT2D eigenvalue weighted by molar-refractivity contribution is -0.122. The molecule has 2 aromatic rings. The van der Waals surface area contributed by atoms with Crippen molar-refractivity contribution in [2.75, 3.05) is 51.2 Å². The lowest BCUT2D eigenvalue weighted by Crippen LogP contribution is -2.41. The quantitative estimate of drug-likeness (QED) is 0.601. The van der Waals surface area contributed by atoms with Crippen LogP contribution in [-0.4, -0.2) is 73.6 Å². The van der Waals surface area contributed by atoms with Gasteiger partial charge >= 0.3 is 12.0 Å². The number of para-hydroxylation sites is 1. The van der Waals surface area contributed by atoms with Gasteiger partial charge in [-0.15, -0.1) is 0 Å². The van der Waals surface area contributed by atoms with Crippen molar-refractivity contribution < 1.29 is 19.1 Å². The molecular weight excluding hydrogens is 420 g/mol. The fourth-order valence-corrected chi connectivity index (χ4v) is 3.76. The number of anilines is 1. The zero-order valence-electron chi connectivity index (χ0n) is 19.1. The van der Waals surface area contributed by atoms with Crippen LogP contribution in [0.4, 0.5) is 10.5 Å². The topological polar surface area (TPSA) is 91.0 Å². The van der Waals surface area contributed by atoms with Crippen molar-refractivity contribution in [1.82, 2.24) is 15.1 Å². The molecule has 0 aromatic heterocycles.